The molecule has 2 aliphatic heterocycles. The average molecular weight is 394 g/mol. The molecule has 152 valence electrons. The third-order valence-electron chi connectivity index (χ3n) is 6.48. The van der Waals surface area contributed by atoms with Gasteiger partial charge in [0.1, 0.15) is 6.10 Å². The maximum atomic E-state index is 12.7. The molecular weight excluding hydrogens is 368 g/mol. The molecule has 1 aliphatic carbocycles. The van der Waals surface area contributed by atoms with E-state index < -0.39 is 0 Å². The fraction of sp³-hybridized carbons (Fsp3) is 0.500. The zero-order chi connectivity index (χ0) is 19.8. The van der Waals surface area contributed by atoms with Gasteiger partial charge in [0.25, 0.3) is 0 Å². The second kappa shape index (κ2) is 7.54. The molecule has 5 rings (SSSR count). The molecule has 7 nitrogen and oxygen atoms in total. The minimum Gasteiger partial charge on any atom is -0.446 e. The molecule has 7 heteroatoms. The predicted octanol–water partition coefficient (Wildman–Crippen LogP) is 3.13. The van der Waals surface area contributed by atoms with Crippen molar-refractivity contribution in [2.24, 2.45) is 0 Å². The Kier molecular flexibility index (Phi) is 4.73. The van der Waals surface area contributed by atoms with Crippen LogP contribution in [0.25, 0.3) is 5.69 Å². The zero-order valence-corrected chi connectivity index (χ0v) is 16.4. The van der Waals surface area contributed by atoms with Gasteiger partial charge in [0.2, 0.25) is 5.91 Å². The lowest BCUT2D eigenvalue weighted by Gasteiger charge is -2.26. The Balaban J connectivity index is 1.24. The summed E-state index contributed by atoms with van der Waals surface area (Å²) in [4.78, 5) is 29.1. The molecule has 0 radical (unpaired) electrons. The topological polar surface area (TPSA) is 67.7 Å². The first-order chi connectivity index (χ1) is 14.2. The van der Waals surface area contributed by atoms with Crippen LogP contribution in [0.3, 0.4) is 0 Å². The van der Waals surface area contributed by atoms with Gasteiger partial charge in [-0.2, -0.15) is 5.10 Å². The number of rotatable bonds is 4. The Morgan fingerprint density at radius 2 is 1.90 bits per heavy atom. The quantitative estimate of drug-likeness (QED) is 0.799. The van der Waals surface area contributed by atoms with E-state index in [1.807, 2.05) is 46.1 Å². The van der Waals surface area contributed by atoms with Gasteiger partial charge in [-0.05, 0) is 55.9 Å². The summed E-state index contributed by atoms with van der Waals surface area (Å²) in [6.45, 7) is 1.24. The number of benzene rings is 1. The van der Waals surface area contributed by atoms with Crippen molar-refractivity contribution < 1.29 is 14.3 Å². The maximum absolute atomic E-state index is 12.7. The maximum Gasteiger partial charge on any atom is 0.410 e. The highest BCUT2D eigenvalue weighted by Gasteiger charge is 2.49. The molecular formula is C22H26N4O3. The van der Waals surface area contributed by atoms with Crippen LogP contribution < -0.4 is 0 Å². The van der Waals surface area contributed by atoms with Crippen LogP contribution in [-0.2, 0) is 16.1 Å². The molecule has 3 fully saturated rings. The van der Waals surface area contributed by atoms with Gasteiger partial charge in [0, 0.05) is 31.9 Å². The van der Waals surface area contributed by atoms with Crippen LogP contribution in [-0.4, -0.2) is 56.3 Å². The number of hydrogen-bond acceptors (Lipinski definition) is 4. The first-order valence-corrected chi connectivity index (χ1v) is 10.5. The molecule has 1 aromatic carbocycles. The van der Waals surface area contributed by atoms with Crippen LogP contribution in [0.4, 0.5) is 4.79 Å². The predicted molar refractivity (Wildman–Crippen MR) is 106 cm³/mol. The third-order valence-corrected chi connectivity index (χ3v) is 6.48. The first kappa shape index (κ1) is 18.2. The smallest absolute Gasteiger partial charge is 0.410 e. The van der Waals surface area contributed by atoms with Gasteiger partial charge in [-0.3, -0.25) is 4.79 Å². The Morgan fingerprint density at radius 1 is 1.10 bits per heavy atom. The van der Waals surface area contributed by atoms with Crippen molar-refractivity contribution in [1.29, 1.82) is 0 Å². The van der Waals surface area contributed by atoms with Crippen LogP contribution in [0.1, 0.15) is 44.1 Å². The fourth-order valence-electron chi connectivity index (χ4n) is 4.95. The molecule has 0 bridgehead atoms. The van der Waals surface area contributed by atoms with Crippen molar-refractivity contribution >= 4 is 12.0 Å². The van der Waals surface area contributed by atoms with Crippen LogP contribution in [0.15, 0.2) is 42.7 Å². The van der Waals surface area contributed by atoms with Gasteiger partial charge < -0.3 is 14.5 Å². The van der Waals surface area contributed by atoms with Crippen LogP contribution in [0.2, 0.25) is 0 Å². The average Bonchev–Trinajstić information content (AvgIpc) is 3.50. The van der Waals surface area contributed by atoms with Crippen molar-refractivity contribution in [1.82, 2.24) is 19.6 Å². The van der Waals surface area contributed by atoms with E-state index in [1.165, 1.54) is 0 Å². The van der Waals surface area contributed by atoms with Gasteiger partial charge in [0.15, 0.2) is 0 Å². The summed E-state index contributed by atoms with van der Waals surface area (Å²) in [5, 5.41) is 4.24. The highest BCUT2D eigenvalue weighted by molar-refractivity contribution is 5.82. The Labute approximate surface area is 170 Å². The summed E-state index contributed by atoms with van der Waals surface area (Å²) in [5.74, 6) is 0.120. The molecule has 0 N–H and O–H groups in total. The third kappa shape index (κ3) is 3.50. The number of ether oxygens (including phenoxy) is 1. The number of fused-ring (bicyclic) bond motifs is 1. The van der Waals surface area contributed by atoms with E-state index in [0.717, 1.165) is 43.4 Å². The summed E-state index contributed by atoms with van der Waals surface area (Å²) in [5.41, 5.74) is 2.08. The highest BCUT2D eigenvalue weighted by Crippen LogP contribution is 2.34. The number of amides is 2. The lowest BCUT2D eigenvalue weighted by molar-refractivity contribution is -0.129. The van der Waals surface area contributed by atoms with E-state index in [0.29, 0.717) is 19.5 Å². The van der Waals surface area contributed by atoms with Crippen LogP contribution in [0, 0.1) is 0 Å². The molecule has 0 spiro atoms. The molecule has 1 saturated carbocycles. The molecule has 3 heterocycles. The van der Waals surface area contributed by atoms with E-state index in [9.17, 15) is 9.59 Å². The number of carbonyl (C=O) groups is 2. The molecule has 29 heavy (non-hydrogen) atoms. The van der Waals surface area contributed by atoms with Crippen molar-refractivity contribution in [3.8, 4) is 5.69 Å². The highest BCUT2D eigenvalue weighted by atomic mass is 16.6. The van der Waals surface area contributed by atoms with Crippen LogP contribution >= 0.6 is 0 Å². The largest absolute Gasteiger partial charge is 0.446 e. The van der Waals surface area contributed by atoms with Gasteiger partial charge in [-0.15, -0.1) is 0 Å². The van der Waals surface area contributed by atoms with Crippen LogP contribution in [0.5, 0.6) is 0 Å². The first-order valence-electron chi connectivity index (χ1n) is 10.5. The Bertz CT molecular complexity index is 874. The molecule has 2 amide bonds. The van der Waals surface area contributed by atoms with Gasteiger partial charge >= 0.3 is 6.09 Å². The van der Waals surface area contributed by atoms with Crippen molar-refractivity contribution in [3.63, 3.8) is 0 Å². The molecule has 3 aliphatic rings. The van der Waals surface area contributed by atoms with Gasteiger partial charge in [-0.1, -0.05) is 12.1 Å². The monoisotopic (exact) mass is 394 g/mol. The van der Waals surface area contributed by atoms with E-state index >= 15 is 0 Å². The standard InChI is InChI=1S/C22H26N4O3/c27-21-14-20-19(10-13-24(20)22(28)29-18-4-1-2-5-18)25(21)15-16-6-8-17(9-7-16)26-12-3-11-23-26/h3,6-9,11-12,18-20H,1-2,4-5,10,13-15H2/t19-,20-/m0/s1. The van der Waals surface area contributed by atoms with Crippen molar-refractivity contribution in [2.75, 3.05) is 6.54 Å². The van der Waals surface area contributed by atoms with Gasteiger partial charge in [0.05, 0.1) is 17.8 Å². The molecule has 1 aromatic heterocycles. The lowest BCUT2D eigenvalue weighted by atomic mass is 10.1. The zero-order valence-electron chi connectivity index (χ0n) is 16.4. The number of aromatic nitrogens is 2. The molecule has 2 atom stereocenters. The fourth-order valence-corrected chi connectivity index (χ4v) is 4.95. The molecule has 0 unspecified atom stereocenters. The Hall–Kier alpha value is -2.83. The number of hydrogen-bond donors (Lipinski definition) is 0. The van der Waals surface area contributed by atoms with E-state index in [2.05, 4.69) is 5.10 Å². The minimum atomic E-state index is -0.234. The summed E-state index contributed by atoms with van der Waals surface area (Å²) >= 11 is 0. The SMILES string of the molecule is O=C1C[C@H]2[C@H](CCN2C(=O)OC2CCCC2)N1Cc1ccc(-n2cccn2)cc1. The minimum absolute atomic E-state index is 0.0558. The summed E-state index contributed by atoms with van der Waals surface area (Å²) in [7, 11) is 0. The number of likely N-dealkylation sites (tertiary alicyclic amines) is 2. The second-order valence-corrected chi connectivity index (χ2v) is 8.25. The molecule has 2 aromatic rings. The van der Waals surface area contributed by atoms with E-state index in [-0.39, 0.29) is 30.2 Å². The summed E-state index contributed by atoms with van der Waals surface area (Å²) in [6, 6.07) is 10.0. The summed E-state index contributed by atoms with van der Waals surface area (Å²) < 4.78 is 7.50. The summed E-state index contributed by atoms with van der Waals surface area (Å²) in [6.07, 6.45) is 8.90. The number of nitrogens with zero attached hydrogens (tertiary/aromatic N) is 4. The van der Waals surface area contributed by atoms with Crippen molar-refractivity contribution in [3.05, 3.63) is 48.3 Å². The number of carbonyl (C=O) groups excluding carboxylic acids is 2. The van der Waals surface area contributed by atoms with E-state index in [4.69, 9.17) is 4.74 Å². The van der Waals surface area contributed by atoms with Gasteiger partial charge in [-0.25, -0.2) is 9.48 Å². The Morgan fingerprint density at radius 3 is 2.62 bits per heavy atom. The second-order valence-electron chi connectivity index (χ2n) is 8.25. The lowest BCUT2D eigenvalue weighted by Crippen LogP contribution is -2.40. The van der Waals surface area contributed by atoms with E-state index in [1.54, 1.807) is 11.1 Å². The van der Waals surface area contributed by atoms with Crippen molar-refractivity contribution in [2.45, 2.75) is 63.3 Å². The normalized spacial score (nSPS) is 24.3. The molecule has 2 saturated heterocycles.